The lowest BCUT2D eigenvalue weighted by Gasteiger charge is -2.35. The van der Waals surface area contributed by atoms with Crippen LogP contribution in [0.5, 0.6) is 5.75 Å². The van der Waals surface area contributed by atoms with Crippen molar-refractivity contribution < 1.29 is 9.13 Å². The van der Waals surface area contributed by atoms with E-state index in [1.807, 2.05) is 25.1 Å². The lowest BCUT2D eigenvalue weighted by Crippen LogP contribution is -2.41. The van der Waals surface area contributed by atoms with Gasteiger partial charge >= 0.3 is 0 Å². The van der Waals surface area contributed by atoms with Gasteiger partial charge in [-0.05, 0) is 50.2 Å². The van der Waals surface area contributed by atoms with Crippen LogP contribution in [0.15, 0.2) is 24.3 Å². The summed E-state index contributed by atoms with van der Waals surface area (Å²) >= 11 is 0. The summed E-state index contributed by atoms with van der Waals surface area (Å²) in [5.41, 5.74) is 1.69. The van der Waals surface area contributed by atoms with Crippen molar-refractivity contribution >= 4 is 10.9 Å². The largest absolute Gasteiger partial charge is 0.489 e. The van der Waals surface area contributed by atoms with Gasteiger partial charge in [0.25, 0.3) is 0 Å². The van der Waals surface area contributed by atoms with E-state index in [0.29, 0.717) is 11.3 Å². The van der Waals surface area contributed by atoms with Crippen LogP contribution in [0.25, 0.3) is 10.9 Å². The van der Waals surface area contributed by atoms with Crippen molar-refractivity contribution in [1.82, 2.24) is 9.88 Å². The Labute approximate surface area is 155 Å². The van der Waals surface area contributed by atoms with Crippen molar-refractivity contribution in [3.8, 4) is 5.75 Å². The quantitative estimate of drug-likeness (QED) is 0.712. The van der Waals surface area contributed by atoms with Gasteiger partial charge in [0.1, 0.15) is 11.9 Å². The van der Waals surface area contributed by atoms with Gasteiger partial charge in [0.2, 0.25) is 5.95 Å². The summed E-state index contributed by atoms with van der Waals surface area (Å²) in [6, 6.07) is 7.36. The van der Waals surface area contributed by atoms with Crippen molar-refractivity contribution in [2.45, 2.75) is 58.0 Å². The highest BCUT2D eigenvalue weighted by Crippen LogP contribution is 2.30. The Bertz CT molecular complexity index is 749. The highest BCUT2D eigenvalue weighted by molar-refractivity contribution is 5.87. The lowest BCUT2D eigenvalue weighted by atomic mass is 9.88. The second-order valence-corrected chi connectivity index (χ2v) is 8.04. The van der Waals surface area contributed by atoms with Crippen LogP contribution < -0.4 is 4.74 Å². The van der Waals surface area contributed by atoms with E-state index in [9.17, 15) is 4.39 Å². The van der Waals surface area contributed by atoms with Crippen LogP contribution in [-0.2, 0) is 0 Å². The number of halogens is 1. The van der Waals surface area contributed by atoms with Crippen LogP contribution in [0.2, 0.25) is 0 Å². The highest BCUT2D eigenvalue weighted by Gasteiger charge is 2.24. The molecular weight excluding hydrogens is 327 g/mol. The van der Waals surface area contributed by atoms with E-state index < -0.39 is 5.95 Å². The number of aromatic nitrogens is 1. The predicted molar refractivity (Wildman–Crippen MR) is 103 cm³/mol. The van der Waals surface area contributed by atoms with E-state index in [1.54, 1.807) is 0 Å². The normalized spacial score (nSPS) is 20.5. The molecule has 2 heterocycles. The number of aryl methyl sites for hydroxylation is 1. The molecule has 26 heavy (non-hydrogen) atoms. The van der Waals surface area contributed by atoms with Crippen LogP contribution in [0, 0.1) is 18.8 Å². The number of hydrogen-bond donors (Lipinski definition) is 0. The first-order chi connectivity index (χ1) is 12.7. The first-order valence-corrected chi connectivity index (χ1v) is 10.1. The summed E-state index contributed by atoms with van der Waals surface area (Å²) in [5.74, 6) is 1.07. The van der Waals surface area contributed by atoms with Gasteiger partial charge in [0.15, 0.2) is 0 Å². The Morgan fingerprint density at radius 2 is 1.88 bits per heavy atom. The topological polar surface area (TPSA) is 25.4 Å². The van der Waals surface area contributed by atoms with Crippen LogP contribution in [-0.4, -0.2) is 35.6 Å². The average Bonchev–Trinajstić information content (AvgIpc) is 2.65. The number of fused-ring (bicyclic) bond motifs is 1. The van der Waals surface area contributed by atoms with E-state index in [1.165, 1.54) is 44.7 Å². The Morgan fingerprint density at radius 1 is 1.12 bits per heavy atom. The standard InChI is InChI=1S/C22H29FN2O/c1-16-6-5-9-19-20(14-21(23)24-22(16)19)26-18-10-12-25(13-11-18)15-17-7-3-2-4-8-17/h5-6,9,14,17-18H,2-4,7-8,10-13,15H2,1H3. The Morgan fingerprint density at radius 3 is 2.65 bits per heavy atom. The van der Waals surface area contributed by atoms with Gasteiger partial charge in [0, 0.05) is 31.1 Å². The molecule has 1 aromatic carbocycles. The van der Waals surface area contributed by atoms with Gasteiger partial charge in [-0.1, -0.05) is 31.4 Å². The number of hydrogen-bond acceptors (Lipinski definition) is 3. The first kappa shape index (κ1) is 17.7. The number of piperidine rings is 1. The molecule has 1 saturated carbocycles. The fourth-order valence-corrected chi connectivity index (χ4v) is 4.55. The third kappa shape index (κ3) is 4.01. The van der Waals surface area contributed by atoms with Crippen LogP contribution in [0.4, 0.5) is 4.39 Å². The number of benzene rings is 1. The monoisotopic (exact) mass is 356 g/mol. The SMILES string of the molecule is Cc1cccc2c(OC3CCN(CC4CCCCC4)CC3)cc(F)nc12. The summed E-state index contributed by atoms with van der Waals surface area (Å²) in [7, 11) is 0. The summed E-state index contributed by atoms with van der Waals surface area (Å²) in [6.45, 7) is 5.39. The van der Waals surface area contributed by atoms with Gasteiger partial charge < -0.3 is 9.64 Å². The van der Waals surface area contributed by atoms with E-state index >= 15 is 0 Å². The lowest BCUT2D eigenvalue weighted by molar-refractivity contribution is 0.0871. The molecule has 3 nitrogen and oxygen atoms in total. The molecule has 1 saturated heterocycles. The molecule has 140 valence electrons. The number of rotatable bonds is 4. The zero-order chi connectivity index (χ0) is 17.9. The number of pyridine rings is 1. The van der Waals surface area contributed by atoms with Crippen molar-refractivity contribution in [1.29, 1.82) is 0 Å². The fraction of sp³-hybridized carbons (Fsp3) is 0.591. The van der Waals surface area contributed by atoms with Gasteiger partial charge in [-0.25, -0.2) is 4.98 Å². The summed E-state index contributed by atoms with van der Waals surface area (Å²) in [6.07, 6.45) is 9.24. The van der Waals surface area contributed by atoms with Crippen LogP contribution >= 0.6 is 0 Å². The maximum absolute atomic E-state index is 14.0. The second-order valence-electron chi connectivity index (χ2n) is 8.04. The van der Waals surface area contributed by atoms with Gasteiger partial charge in [-0.15, -0.1) is 0 Å². The minimum Gasteiger partial charge on any atom is -0.489 e. The molecule has 1 aliphatic heterocycles. The van der Waals surface area contributed by atoms with Crippen LogP contribution in [0.3, 0.4) is 0 Å². The zero-order valence-electron chi connectivity index (χ0n) is 15.7. The summed E-state index contributed by atoms with van der Waals surface area (Å²) in [4.78, 5) is 6.65. The number of nitrogens with zero attached hydrogens (tertiary/aromatic N) is 2. The minimum absolute atomic E-state index is 0.170. The van der Waals surface area contributed by atoms with Gasteiger partial charge in [-0.3, -0.25) is 0 Å². The van der Waals surface area contributed by atoms with Crippen LogP contribution in [0.1, 0.15) is 50.5 Å². The first-order valence-electron chi connectivity index (χ1n) is 10.1. The van der Waals surface area contributed by atoms with Gasteiger partial charge in [0.05, 0.1) is 5.52 Å². The minimum atomic E-state index is -0.462. The Kier molecular flexibility index (Phi) is 5.39. The third-order valence-corrected chi connectivity index (χ3v) is 6.04. The molecular formula is C22H29FN2O. The van der Waals surface area contributed by atoms with Crippen molar-refractivity contribution in [3.63, 3.8) is 0 Å². The summed E-state index contributed by atoms with van der Waals surface area (Å²) < 4.78 is 20.2. The fourth-order valence-electron chi connectivity index (χ4n) is 4.55. The molecule has 1 aliphatic carbocycles. The molecule has 1 aromatic heterocycles. The highest BCUT2D eigenvalue weighted by atomic mass is 19.1. The molecule has 0 amide bonds. The Balaban J connectivity index is 1.38. The van der Waals surface area contributed by atoms with E-state index in [-0.39, 0.29) is 6.10 Å². The number of ether oxygens (including phenoxy) is 1. The zero-order valence-corrected chi connectivity index (χ0v) is 15.7. The van der Waals surface area contributed by atoms with Crippen molar-refractivity contribution in [2.75, 3.05) is 19.6 Å². The molecule has 2 aromatic rings. The molecule has 0 bridgehead atoms. The van der Waals surface area contributed by atoms with E-state index in [4.69, 9.17) is 4.74 Å². The van der Waals surface area contributed by atoms with Gasteiger partial charge in [-0.2, -0.15) is 4.39 Å². The second kappa shape index (κ2) is 7.91. The molecule has 0 N–H and O–H groups in total. The number of para-hydroxylation sites is 1. The molecule has 4 rings (SSSR count). The van der Waals surface area contributed by atoms with E-state index in [0.717, 1.165) is 42.8 Å². The van der Waals surface area contributed by atoms with E-state index in [2.05, 4.69) is 9.88 Å². The predicted octanol–water partition coefficient (Wildman–Crippen LogP) is 5.11. The molecule has 0 radical (unpaired) electrons. The molecule has 0 unspecified atom stereocenters. The molecule has 2 fully saturated rings. The maximum atomic E-state index is 14.0. The average molecular weight is 356 g/mol. The molecule has 2 aliphatic rings. The molecule has 0 atom stereocenters. The third-order valence-electron chi connectivity index (χ3n) is 6.04. The van der Waals surface area contributed by atoms with Crippen molar-refractivity contribution in [3.05, 3.63) is 35.8 Å². The maximum Gasteiger partial charge on any atom is 0.217 e. The number of likely N-dealkylation sites (tertiary alicyclic amines) is 1. The molecule has 4 heteroatoms. The molecule has 0 spiro atoms. The summed E-state index contributed by atoms with van der Waals surface area (Å²) in [5, 5.41) is 0.913. The van der Waals surface area contributed by atoms with Crippen molar-refractivity contribution in [2.24, 2.45) is 5.92 Å². The smallest absolute Gasteiger partial charge is 0.217 e. The Hall–Kier alpha value is -1.68.